The lowest BCUT2D eigenvalue weighted by atomic mass is 9.87. The van der Waals surface area contributed by atoms with Gasteiger partial charge in [-0.2, -0.15) is 5.10 Å². The topological polar surface area (TPSA) is 90.9 Å². The number of nitrogen functional groups attached to an aromatic ring is 1. The Morgan fingerprint density at radius 3 is 2.42 bits per heavy atom. The van der Waals surface area contributed by atoms with Gasteiger partial charge >= 0.3 is 0 Å². The maximum absolute atomic E-state index is 13.2. The van der Waals surface area contributed by atoms with Crippen molar-refractivity contribution in [1.82, 2.24) is 14.8 Å². The summed E-state index contributed by atoms with van der Waals surface area (Å²) in [5.74, 6) is -0.158. The second kappa shape index (κ2) is 7.50. The molecule has 4 rings (SSSR count). The molecule has 2 N–H and O–H groups in total. The van der Waals surface area contributed by atoms with Crippen molar-refractivity contribution in [3.05, 3.63) is 77.7 Å². The number of sulfone groups is 1. The number of nitrogens with two attached hydrogens (primary N) is 1. The first kappa shape index (κ1) is 21.1. The summed E-state index contributed by atoms with van der Waals surface area (Å²) in [6, 6.07) is 16.3. The first-order chi connectivity index (χ1) is 14.6. The fraction of sp³-hybridized carbons (Fsp3) is 0.250. The molecule has 0 radical (unpaired) electrons. The number of rotatable bonds is 4. The number of hydrogen-bond acceptors (Lipinski definition) is 5. The third kappa shape index (κ3) is 4.05. The summed E-state index contributed by atoms with van der Waals surface area (Å²) in [7, 11) is -3.56. The number of aryl methyl sites for hydroxylation is 1. The van der Waals surface area contributed by atoms with Crippen LogP contribution in [0, 0.1) is 6.92 Å². The van der Waals surface area contributed by atoms with E-state index in [1.54, 1.807) is 35.1 Å². The average Bonchev–Trinajstić information content (AvgIpc) is 3.07. The number of nitrogens with zero attached hydrogens (tertiary/aromatic N) is 3. The standard InChI is InChI=1S/C24H26N4O2S/c1-16-14-18(15-31(29,30)19-9-7-17(8-10-19)24(2,3)4)28(27-16)22-12-11-21(25)23-20(22)6-5-13-26-23/h5-14H,15,25H2,1-4H3. The van der Waals surface area contributed by atoms with Gasteiger partial charge in [-0.3, -0.25) is 4.98 Å². The zero-order valence-corrected chi connectivity index (χ0v) is 18.9. The average molecular weight is 435 g/mol. The van der Waals surface area contributed by atoms with Crippen molar-refractivity contribution in [2.75, 3.05) is 5.73 Å². The van der Waals surface area contributed by atoms with Crippen molar-refractivity contribution < 1.29 is 8.42 Å². The molecule has 31 heavy (non-hydrogen) atoms. The van der Waals surface area contributed by atoms with Gasteiger partial charge in [0.15, 0.2) is 9.84 Å². The largest absolute Gasteiger partial charge is 0.397 e. The molecule has 7 heteroatoms. The highest BCUT2D eigenvalue weighted by Crippen LogP contribution is 2.28. The lowest BCUT2D eigenvalue weighted by molar-refractivity contribution is 0.585. The molecular formula is C24H26N4O2S. The van der Waals surface area contributed by atoms with E-state index < -0.39 is 9.84 Å². The molecule has 0 aliphatic heterocycles. The highest BCUT2D eigenvalue weighted by atomic mass is 32.2. The van der Waals surface area contributed by atoms with E-state index in [-0.39, 0.29) is 11.2 Å². The molecule has 0 saturated heterocycles. The van der Waals surface area contributed by atoms with Gasteiger partial charge in [-0.1, -0.05) is 32.9 Å². The van der Waals surface area contributed by atoms with Gasteiger partial charge in [0.2, 0.25) is 0 Å². The number of hydrogen-bond donors (Lipinski definition) is 1. The van der Waals surface area contributed by atoms with Gasteiger partial charge in [-0.15, -0.1) is 0 Å². The zero-order chi connectivity index (χ0) is 22.4. The second-order valence-electron chi connectivity index (χ2n) is 8.80. The third-order valence-corrected chi connectivity index (χ3v) is 6.99. The molecule has 2 aromatic heterocycles. The van der Waals surface area contributed by atoms with Crippen LogP contribution in [0.5, 0.6) is 0 Å². The van der Waals surface area contributed by atoms with Crippen LogP contribution >= 0.6 is 0 Å². The van der Waals surface area contributed by atoms with E-state index in [4.69, 9.17) is 5.73 Å². The number of benzene rings is 2. The van der Waals surface area contributed by atoms with Crippen LogP contribution in [0.4, 0.5) is 5.69 Å². The van der Waals surface area contributed by atoms with E-state index in [2.05, 4.69) is 30.9 Å². The van der Waals surface area contributed by atoms with Gasteiger partial charge in [0.1, 0.15) is 0 Å². The third-order valence-electron chi connectivity index (χ3n) is 5.33. The van der Waals surface area contributed by atoms with Gasteiger partial charge in [-0.05, 0) is 60.4 Å². The van der Waals surface area contributed by atoms with Crippen molar-refractivity contribution in [2.24, 2.45) is 0 Å². The summed E-state index contributed by atoms with van der Waals surface area (Å²) >= 11 is 0. The van der Waals surface area contributed by atoms with Gasteiger partial charge in [0, 0.05) is 11.6 Å². The van der Waals surface area contributed by atoms with Gasteiger partial charge in [-0.25, -0.2) is 13.1 Å². The predicted octanol–water partition coefficient (Wildman–Crippen LogP) is 4.58. The Bertz CT molecular complexity index is 1370. The molecule has 0 unspecified atom stereocenters. The summed E-state index contributed by atoms with van der Waals surface area (Å²) in [6.45, 7) is 8.15. The Morgan fingerprint density at radius 2 is 1.74 bits per heavy atom. The van der Waals surface area contributed by atoms with E-state index in [0.717, 1.165) is 22.3 Å². The van der Waals surface area contributed by atoms with Gasteiger partial charge in [0.25, 0.3) is 0 Å². The van der Waals surface area contributed by atoms with E-state index in [1.165, 1.54) is 0 Å². The smallest absolute Gasteiger partial charge is 0.184 e. The Kier molecular flexibility index (Phi) is 5.09. The van der Waals surface area contributed by atoms with E-state index in [1.807, 2.05) is 37.3 Å². The first-order valence-electron chi connectivity index (χ1n) is 10.1. The van der Waals surface area contributed by atoms with Crippen molar-refractivity contribution in [2.45, 2.75) is 43.8 Å². The summed E-state index contributed by atoms with van der Waals surface area (Å²) in [6.07, 6.45) is 1.68. The van der Waals surface area contributed by atoms with Crippen LogP contribution in [0.2, 0.25) is 0 Å². The quantitative estimate of drug-likeness (QED) is 0.475. The molecule has 0 saturated carbocycles. The van der Waals surface area contributed by atoms with Gasteiger partial charge < -0.3 is 5.73 Å². The van der Waals surface area contributed by atoms with Gasteiger partial charge in [0.05, 0.1) is 38.9 Å². The lowest BCUT2D eigenvalue weighted by Gasteiger charge is -2.19. The van der Waals surface area contributed by atoms with E-state index >= 15 is 0 Å². The van der Waals surface area contributed by atoms with Crippen LogP contribution < -0.4 is 5.73 Å². The molecule has 0 aliphatic rings. The normalized spacial score (nSPS) is 12.4. The van der Waals surface area contributed by atoms with Crippen LogP contribution in [0.15, 0.2) is 65.7 Å². The van der Waals surface area contributed by atoms with Crippen molar-refractivity contribution in [1.29, 1.82) is 0 Å². The molecule has 4 aromatic rings. The highest BCUT2D eigenvalue weighted by molar-refractivity contribution is 7.90. The maximum Gasteiger partial charge on any atom is 0.184 e. The Balaban J connectivity index is 1.76. The monoisotopic (exact) mass is 434 g/mol. The molecule has 0 spiro atoms. The minimum Gasteiger partial charge on any atom is -0.397 e. The van der Waals surface area contributed by atoms with Crippen molar-refractivity contribution >= 4 is 26.4 Å². The number of pyridine rings is 1. The van der Waals surface area contributed by atoms with Crippen LogP contribution in [0.1, 0.15) is 37.7 Å². The molecule has 2 heterocycles. The van der Waals surface area contributed by atoms with Crippen LogP contribution in [0.3, 0.4) is 0 Å². The second-order valence-corrected chi connectivity index (χ2v) is 10.8. The fourth-order valence-corrected chi connectivity index (χ4v) is 4.98. The molecule has 0 fully saturated rings. The lowest BCUT2D eigenvalue weighted by Crippen LogP contribution is -2.13. The van der Waals surface area contributed by atoms with Crippen molar-refractivity contribution in [3.63, 3.8) is 0 Å². The molecule has 0 atom stereocenters. The molecular weight excluding hydrogens is 408 g/mol. The SMILES string of the molecule is Cc1cc(CS(=O)(=O)c2ccc(C(C)(C)C)cc2)n(-c2ccc(N)c3ncccc23)n1. The Hall–Kier alpha value is -3.19. The molecule has 6 nitrogen and oxygen atoms in total. The predicted molar refractivity (Wildman–Crippen MR) is 124 cm³/mol. The minimum atomic E-state index is -3.56. The van der Waals surface area contributed by atoms with E-state index in [9.17, 15) is 8.42 Å². The fourth-order valence-electron chi connectivity index (χ4n) is 3.67. The van der Waals surface area contributed by atoms with E-state index in [0.29, 0.717) is 21.8 Å². The molecule has 0 aliphatic carbocycles. The summed E-state index contributed by atoms with van der Waals surface area (Å²) in [5.41, 5.74) is 10.4. The molecule has 0 amide bonds. The van der Waals surface area contributed by atoms with Crippen molar-refractivity contribution in [3.8, 4) is 5.69 Å². The molecule has 160 valence electrons. The highest BCUT2D eigenvalue weighted by Gasteiger charge is 2.22. The number of fused-ring (bicyclic) bond motifs is 1. The summed E-state index contributed by atoms with van der Waals surface area (Å²) < 4.78 is 28.1. The Labute approximate surface area is 182 Å². The first-order valence-corrected chi connectivity index (χ1v) is 11.7. The summed E-state index contributed by atoms with van der Waals surface area (Å²) in [5, 5.41) is 5.39. The van der Waals surface area contributed by atoms with Crippen LogP contribution in [-0.4, -0.2) is 23.2 Å². The van der Waals surface area contributed by atoms with Crippen LogP contribution in [0.25, 0.3) is 16.6 Å². The van der Waals surface area contributed by atoms with Crippen LogP contribution in [-0.2, 0) is 21.0 Å². The summed E-state index contributed by atoms with van der Waals surface area (Å²) in [4.78, 5) is 4.67. The zero-order valence-electron chi connectivity index (χ0n) is 18.1. The number of aromatic nitrogens is 3. The number of anilines is 1. The maximum atomic E-state index is 13.2. The molecule has 2 aromatic carbocycles. The molecule has 0 bridgehead atoms. The minimum absolute atomic E-state index is 0.0394. The Morgan fingerprint density at radius 1 is 1.03 bits per heavy atom.